The molecule has 0 unspecified atom stereocenters. The number of hydrogen-bond donors (Lipinski definition) is 0. The second-order valence-corrected chi connectivity index (χ2v) is 5.21. The fraction of sp³-hybridized carbons (Fsp3) is 0.222. The van der Waals surface area contributed by atoms with Gasteiger partial charge in [0, 0.05) is 0 Å². The Hall–Kier alpha value is -2.58. The largest absolute Gasteiger partial charge is 0.192 e. The van der Waals surface area contributed by atoms with Crippen molar-refractivity contribution in [3.05, 3.63) is 69.8 Å². The second kappa shape index (κ2) is 5.19. The van der Waals surface area contributed by atoms with Crippen LogP contribution in [0.1, 0.15) is 33.4 Å². The zero-order valence-electron chi connectivity index (χ0n) is 11.2. The summed E-state index contributed by atoms with van der Waals surface area (Å²) >= 11 is 0. The van der Waals surface area contributed by atoms with Crippen LogP contribution in [0.5, 0.6) is 0 Å². The van der Waals surface area contributed by atoms with Gasteiger partial charge in [-0.3, -0.25) is 0 Å². The maximum Gasteiger partial charge on any atom is 0.0994 e. The van der Waals surface area contributed by atoms with Gasteiger partial charge in [0.1, 0.15) is 0 Å². The Labute approximate surface area is 118 Å². The zero-order chi connectivity index (χ0) is 13.9. The van der Waals surface area contributed by atoms with Gasteiger partial charge in [0.25, 0.3) is 0 Å². The molecular formula is C18H14N2. The summed E-state index contributed by atoms with van der Waals surface area (Å²) in [5.74, 6) is 0. The van der Waals surface area contributed by atoms with Gasteiger partial charge < -0.3 is 0 Å². The Morgan fingerprint density at radius 2 is 1.10 bits per heavy atom. The summed E-state index contributed by atoms with van der Waals surface area (Å²) in [6.07, 6.45) is 3.58. The van der Waals surface area contributed by atoms with Crippen LogP contribution in [0, 0.1) is 22.7 Å². The van der Waals surface area contributed by atoms with E-state index in [4.69, 9.17) is 0 Å². The van der Waals surface area contributed by atoms with Crippen LogP contribution >= 0.6 is 0 Å². The quantitative estimate of drug-likeness (QED) is 0.727. The SMILES string of the molecule is N#Cc1ccc2cc1CCc1cc(ccc1C#N)CC2. The molecule has 1 aliphatic rings. The number of nitriles is 2. The first kappa shape index (κ1) is 12.5. The Morgan fingerprint density at radius 3 is 1.50 bits per heavy atom. The lowest BCUT2D eigenvalue weighted by Gasteiger charge is -2.13. The molecule has 0 fully saturated rings. The van der Waals surface area contributed by atoms with E-state index in [1.165, 1.54) is 11.1 Å². The minimum absolute atomic E-state index is 0.754. The third-order valence-electron chi connectivity index (χ3n) is 3.95. The minimum atomic E-state index is 0.754. The lowest BCUT2D eigenvalue weighted by molar-refractivity contribution is 0.899. The minimum Gasteiger partial charge on any atom is -0.192 e. The van der Waals surface area contributed by atoms with Gasteiger partial charge in [-0.1, -0.05) is 24.3 Å². The van der Waals surface area contributed by atoms with Crippen LogP contribution < -0.4 is 0 Å². The Morgan fingerprint density at radius 1 is 0.650 bits per heavy atom. The van der Waals surface area contributed by atoms with E-state index in [0.717, 1.165) is 47.9 Å². The molecule has 0 heterocycles. The van der Waals surface area contributed by atoms with Crippen molar-refractivity contribution in [2.75, 3.05) is 0 Å². The highest BCUT2D eigenvalue weighted by Crippen LogP contribution is 2.21. The van der Waals surface area contributed by atoms with Gasteiger partial charge in [0.15, 0.2) is 0 Å². The molecule has 0 aromatic heterocycles. The fourth-order valence-electron chi connectivity index (χ4n) is 2.79. The molecule has 4 bridgehead atoms. The molecule has 0 radical (unpaired) electrons. The van der Waals surface area contributed by atoms with Gasteiger partial charge in [0.05, 0.1) is 23.3 Å². The van der Waals surface area contributed by atoms with E-state index in [1.54, 1.807) is 0 Å². The molecule has 2 aromatic rings. The molecular weight excluding hydrogens is 244 g/mol. The number of aryl methyl sites for hydroxylation is 4. The van der Waals surface area contributed by atoms with Gasteiger partial charge in [0.2, 0.25) is 0 Å². The lowest BCUT2D eigenvalue weighted by atomic mass is 9.91. The molecule has 0 aliphatic heterocycles. The van der Waals surface area contributed by atoms with Crippen LogP contribution in [-0.4, -0.2) is 0 Å². The zero-order valence-corrected chi connectivity index (χ0v) is 11.2. The third-order valence-corrected chi connectivity index (χ3v) is 3.95. The summed E-state index contributed by atoms with van der Waals surface area (Å²) in [6.45, 7) is 0. The number of nitrogens with zero attached hydrogens (tertiary/aromatic N) is 2. The van der Waals surface area contributed by atoms with Crippen LogP contribution in [0.2, 0.25) is 0 Å². The topological polar surface area (TPSA) is 47.6 Å². The molecule has 2 heteroatoms. The Kier molecular flexibility index (Phi) is 3.23. The molecule has 0 amide bonds. The predicted octanol–water partition coefficient (Wildman–Crippen LogP) is 3.31. The molecule has 0 N–H and O–H groups in total. The molecule has 0 saturated carbocycles. The fourth-order valence-corrected chi connectivity index (χ4v) is 2.79. The number of benzene rings is 2. The molecule has 2 aromatic carbocycles. The number of hydrogen-bond acceptors (Lipinski definition) is 2. The summed E-state index contributed by atoms with van der Waals surface area (Å²) in [7, 11) is 0. The van der Waals surface area contributed by atoms with Crippen molar-refractivity contribution < 1.29 is 0 Å². The smallest absolute Gasteiger partial charge is 0.0994 e. The van der Waals surface area contributed by atoms with Crippen molar-refractivity contribution in [1.29, 1.82) is 10.5 Å². The van der Waals surface area contributed by atoms with E-state index in [9.17, 15) is 10.5 Å². The van der Waals surface area contributed by atoms with Gasteiger partial charge in [-0.2, -0.15) is 10.5 Å². The molecule has 2 nitrogen and oxygen atoms in total. The molecule has 0 atom stereocenters. The van der Waals surface area contributed by atoms with E-state index in [1.807, 2.05) is 24.3 Å². The molecule has 20 heavy (non-hydrogen) atoms. The first-order valence-corrected chi connectivity index (χ1v) is 6.84. The summed E-state index contributed by atoms with van der Waals surface area (Å²) < 4.78 is 0. The summed E-state index contributed by atoms with van der Waals surface area (Å²) in [5.41, 5.74) is 6.27. The highest BCUT2D eigenvalue weighted by molar-refractivity contribution is 5.45. The van der Waals surface area contributed by atoms with E-state index in [-0.39, 0.29) is 0 Å². The molecule has 3 rings (SSSR count). The standard InChI is InChI=1S/C18H14N2/c19-11-17-5-3-13-1-2-14-4-6-18(12-20)16(10-14)8-7-15(17)9-13/h3-6,9-10H,1-2,7-8H2. The van der Waals surface area contributed by atoms with E-state index in [2.05, 4.69) is 24.3 Å². The van der Waals surface area contributed by atoms with Crippen molar-refractivity contribution in [1.82, 2.24) is 0 Å². The molecule has 1 aliphatic carbocycles. The lowest BCUT2D eigenvalue weighted by Crippen LogP contribution is -2.03. The van der Waals surface area contributed by atoms with Crippen molar-refractivity contribution in [2.45, 2.75) is 25.7 Å². The second-order valence-electron chi connectivity index (χ2n) is 5.21. The highest BCUT2D eigenvalue weighted by atomic mass is 14.3. The molecule has 96 valence electrons. The van der Waals surface area contributed by atoms with Gasteiger partial charge in [-0.05, 0) is 60.1 Å². The van der Waals surface area contributed by atoms with E-state index >= 15 is 0 Å². The predicted molar refractivity (Wildman–Crippen MR) is 77.1 cm³/mol. The Bertz CT molecular complexity index is 679. The molecule has 0 saturated heterocycles. The summed E-state index contributed by atoms with van der Waals surface area (Å²) in [5, 5.41) is 18.4. The monoisotopic (exact) mass is 258 g/mol. The highest BCUT2D eigenvalue weighted by Gasteiger charge is 2.10. The Balaban J connectivity index is 2.05. The maximum absolute atomic E-state index is 9.19. The van der Waals surface area contributed by atoms with Crippen molar-refractivity contribution in [3.63, 3.8) is 0 Å². The summed E-state index contributed by atoms with van der Waals surface area (Å²) in [4.78, 5) is 0. The summed E-state index contributed by atoms with van der Waals surface area (Å²) in [6, 6.07) is 16.8. The first-order chi connectivity index (χ1) is 9.80. The van der Waals surface area contributed by atoms with Crippen molar-refractivity contribution >= 4 is 0 Å². The van der Waals surface area contributed by atoms with Crippen LogP contribution in [0.15, 0.2) is 36.4 Å². The van der Waals surface area contributed by atoms with Crippen LogP contribution in [-0.2, 0) is 25.7 Å². The van der Waals surface area contributed by atoms with E-state index < -0.39 is 0 Å². The van der Waals surface area contributed by atoms with Crippen molar-refractivity contribution in [3.8, 4) is 12.1 Å². The number of fused-ring (bicyclic) bond motifs is 4. The third kappa shape index (κ3) is 2.29. The number of rotatable bonds is 0. The van der Waals surface area contributed by atoms with Crippen molar-refractivity contribution in [2.24, 2.45) is 0 Å². The average Bonchev–Trinajstić information content (AvgIpc) is 2.50. The van der Waals surface area contributed by atoms with Gasteiger partial charge >= 0.3 is 0 Å². The van der Waals surface area contributed by atoms with Gasteiger partial charge in [-0.15, -0.1) is 0 Å². The first-order valence-electron chi connectivity index (χ1n) is 6.84. The van der Waals surface area contributed by atoms with Gasteiger partial charge in [-0.25, -0.2) is 0 Å². The maximum atomic E-state index is 9.19. The normalized spacial score (nSPS) is 13.1. The molecule has 0 spiro atoms. The van der Waals surface area contributed by atoms with Crippen LogP contribution in [0.4, 0.5) is 0 Å². The van der Waals surface area contributed by atoms with Crippen LogP contribution in [0.25, 0.3) is 0 Å². The average molecular weight is 258 g/mol. The van der Waals surface area contributed by atoms with E-state index in [0.29, 0.717) is 0 Å². The van der Waals surface area contributed by atoms with Crippen LogP contribution in [0.3, 0.4) is 0 Å².